The Morgan fingerprint density at radius 1 is 1.00 bits per heavy atom. The van der Waals surface area contributed by atoms with E-state index in [-0.39, 0.29) is 5.75 Å². The minimum absolute atomic E-state index is 0.233. The molecule has 1 unspecified atom stereocenters. The molecule has 5 nitrogen and oxygen atoms in total. The average Bonchev–Trinajstić information content (AvgIpc) is 2.38. The topological polar surface area (TPSA) is 71.2 Å². The molecular weight excluding hydrogens is 319 g/mol. The smallest absolute Gasteiger partial charge is 0.417 e. The molecule has 0 amide bonds. The molecule has 0 aliphatic heterocycles. The van der Waals surface area contributed by atoms with Gasteiger partial charge in [-0.1, -0.05) is 11.6 Å². The first-order chi connectivity index (χ1) is 9.42. The molecule has 2 aromatic rings. The monoisotopic (exact) mass is 328 g/mol. The van der Waals surface area contributed by atoms with Gasteiger partial charge in [0.2, 0.25) is 0 Å². The number of nitrogens with zero attached hydrogens (tertiary/aromatic N) is 2. The van der Waals surface area contributed by atoms with Gasteiger partial charge in [0.1, 0.15) is 5.75 Å². The Balaban J connectivity index is 2.07. The van der Waals surface area contributed by atoms with Crippen LogP contribution in [0.15, 0.2) is 58.8 Å². The molecular formula is C12H10ClN2O3PS. The zero-order chi connectivity index (χ0) is 14.6. The first kappa shape index (κ1) is 15.1. The van der Waals surface area contributed by atoms with Crippen LogP contribution in [0.4, 0.5) is 11.4 Å². The second-order valence-corrected chi connectivity index (χ2v) is 6.87. The van der Waals surface area contributed by atoms with Crippen LogP contribution in [0, 0.1) is 0 Å². The summed E-state index contributed by atoms with van der Waals surface area (Å²) in [5, 5.41) is 8.68. The molecule has 0 bridgehead atoms. The molecule has 0 spiro atoms. The molecule has 2 aromatic carbocycles. The predicted octanol–water partition coefficient (Wildman–Crippen LogP) is 5.16. The van der Waals surface area contributed by atoms with E-state index in [1.54, 1.807) is 36.4 Å². The Morgan fingerprint density at radius 3 is 1.90 bits per heavy atom. The van der Waals surface area contributed by atoms with Gasteiger partial charge in [0.25, 0.3) is 0 Å². The first-order valence-corrected chi connectivity index (χ1v) is 8.56. The summed E-state index contributed by atoms with van der Waals surface area (Å²) in [4.78, 5) is 8.96. The quantitative estimate of drug-likeness (QED) is 0.462. The molecule has 8 heteroatoms. The lowest BCUT2D eigenvalue weighted by atomic mass is 10.3. The minimum Gasteiger partial charge on any atom is -0.417 e. The zero-order valence-electron chi connectivity index (χ0n) is 10.0. The van der Waals surface area contributed by atoms with E-state index >= 15 is 0 Å². The van der Waals surface area contributed by atoms with Crippen molar-refractivity contribution in [1.82, 2.24) is 0 Å². The van der Waals surface area contributed by atoms with Gasteiger partial charge in [0.05, 0.1) is 11.4 Å². The van der Waals surface area contributed by atoms with Gasteiger partial charge in [-0.25, -0.2) is 4.57 Å². The SMILES string of the molecule is O=P(O)(S)Oc1ccc(/N=N/c2ccc(Cl)cc2)cc1. The molecule has 1 N–H and O–H groups in total. The van der Waals surface area contributed by atoms with E-state index in [9.17, 15) is 4.57 Å². The van der Waals surface area contributed by atoms with E-state index in [2.05, 4.69) is 22.5 Å². The first-order valence-electron chi connectivity index (χ1n) is 5.45. The van der Waals surface area contributed by atoms with Crippen molar-refractivity contribution in [2.24, 2.45) is 10.2 Å². The summed E-state index contributed by atoms with van der Waals surface area (Å²) in [6.45, 7) is -3.84. The van der Waals surface area contributed by atoms with Gasteiger partial charge in [-0.3, -0.25) is 0 Å². The van der Waals surface area contributed by atoms with Crippen molar-refractivity contribution in [2.45, 2.75) is 0 Å². The van der Waals surface area contributed by atoms with E-state index in [0.29, 0.717) is 16.4 Å². The third-order valence-electron chi connectivity index (χ3n) is 2.17. The molecule has 0 aliphatic carbocycles. The van der Waals surface area contributed by atoms with Crippen LogP contribution in [0.1, 0.15) is 0 Å². The van der Waals surface area contributed by atoms with Gasteiger partial charge in [-0.05, 0) is 60.8 Å². The summed E-state index contributed by atoms with van der Waals surface area (Å²) in [5.74, 6) is 0.233. The third-order valence-corrected chi connectivity index (χ3v) is 3.11. The molecule has 0 saturated heterocycles. The Bertz CT molecular complexity index is 655. The van der Waals surface area contributed by atoms with E-state index in [1.165, 1.54) is 12.1 Å². The highest BCUT2D eigenvalue weighted by molar-refractivity contribution is 8.44. The molecule has 0 aliphatic rings. The van der Waals surface area contributed by atoms with Crippen LogP contribution < -0.4 is 4.52 Å². The highest BCUT2D eigenvalue weighted by atomic mass is 35.5. The van der Waals surface area contributed by atoms with E-state index in [0.717, 1.165) is 0 Å². The Hall–Kier alpha value is -1.33. The van der Waals surface area contributed by atoms with Crippen molar-refractivity contribution in [3.63, 3.8) is 0 Å². The van der Waals surface area contributed by atoms with Crippen LogP contribution in [0.5, 0.6) is 5.75 Å². The lowest BCUT2D eigenvalue weighted by molar-refractivity contribution is 0.403. The second-order valence-electron chi connectivity index (χ2n) is 3.75. The van der Waals surface area contributed by atoms with Crippen molar-refractivity contribution in [3.8, 4) is 5.75 Å². The van der Waals surface area contributed by atoms with Crippen LogP contribution in [-0.2, 0) is 4.57 Å². The van der Waals surface area contributed by atoms with Crippen molar-refractivity contribution in [3.05, 3.63) is 53.6 Å². The summed E-state index contributed by atoms with van der Waals surface area (Å²) in [6, 6.07) is 13.2. The summed E-state index contributed by atoms with van der Waals surface area (Å²) in [5.41, 5.74) is 1.25. The fourth-order valence-electron chi connectivity index (χ4n) is 1.33. The van der Waals surface area contributed by atoms with E-state index in [1.807, 2.05) is 0 Å². The highest BCUT2D eigenvalue weighted by Gasteiger charge is 2.12. The maximum Gasteiger partial charge on any atom is 0.434 e. The summed E-state index contributed by atoms with van der Waals surface area (Å²) < 4.78 is 15.7. The van der Waals surface area contributed by atoms with Gasteiger partial charge in [0.15, 0.2) is 0 Å². The number of thiol groups is 1. The largest absolute Gasteiger partial charge is 0.434 e. The maximum absolute atomic E-state index is 11.0. The second kappa shape index (κ2) is 6.41. The fraction of sp³-hybridized carbons (Fsp3) is 0. The fourth-order valence-corrected chi connectivity index (χ4v) is 2.14. The number of hydrogen-bond donors (Lipinski definition) is 2. The minimum atomic E-state index is -3.84. The van der Waals surface area contributed by atoms with Crippen LogP contribution in [0.3, 0.4) is 0 Å². The van der Waals surface area contributed by atoms with Crippen LogP contribution >= 0.6 is 30.6 Å². The number of halogens is 1. The molecule has 0 aromatic heterocycles. The van der Waals surface area contributed by atoms with Crippen molar-refractivity contribution >= 4 is 42.0 Å². The van der Waals surface area contributed by atoms with Crippen molar-refractivity contribution < 1.29 is 14.0 Å². The van der Waals surface area contributed by atoms with Crippen molar-refractivity contribution in [2.75, 3.05) is 0 Å². The van der Waals surface area contributed by atoms with Gasteiger partial charge in [0, 0.05) is 5.02 Å². The van der Waals surface area contributed by atoms with Gasteiger partial charge in [-0.2, -0.15) is 10.2 Å². The summed E-state index contributed by atoms with van der Waals surface area (Å²) in [7, 11) is 0. The van der Waals surface area contributed by atoms with Gasteiger partial charge >= 0.3 is 6.80 Å². The normalized spacial score (nSPS) is 14.2. The summed E-state index contributed by atoms with van der Waals surface area (Å²) >= 11 is 9.19. The molecule has 1 atom stereocenters. The van der Waals surface area contributed by atoms with Crippen molar-refractivity contribution in [1.29, 1.82) is 0 Å². The molecule has 0 saturated carbocycles. The van der Waals surface area contributed by atoms with Gasteiger partial charge < -0.3 is 9.42 Å². The van der Waals surface area contributed by atoms with Crippen LogP contribution in [-0.4, -0.2) is 4.89 Å². The lowest BCUT2D eigenvalue weighted by Crippen LogP contribution is -1.84. The van der Waals surface area contributed by atoms with Gasteiger partial charge in [-0.15, -0.1) is 0 Å². The molecule has 0 fully saturated rings. The molecule has 104 valence electrons. The number of benzene rings is 2. The number of hydrogen-bond acceptors (Lipinski definition) is 4. The molecule has 0 heterocycles. The predicted molar refractivity (Wildman–Crippen MR) is 81.5 cm³/mol. The molecule has 0 radical (unpaired) electrons. The molecule has 2 rings (SSSR count). The van der Waals surface area contributed by atoms with E-state index in [4.69, 9.17) is 21.0 Å². The molecule has 20 heavy (non-hydrogen) atoms. The highest BCUT2D eigenvalue weighted by Crippen LogP contribution is 2.47. The number of rotatable bonds is 4. The maximum atomic E-state index is 11.0. The zero-order valence-corrected chi connectivity index (χ0v) is 12.6. The van der Waals surface area contributed by atoms with Crippen LogP contribution in [0.25, 0.3) is 0 Å². The number of azo groups is 1. The summed E-state index contributed by atoms with van der Waals surface area (Å²) in [6.07, 6.45) is 0. The Labute approximate surface area is 126 Å². The van der Waals surface area contributed by atoms with E-state index < -0.39 is 6.80 Å². The Morgan fingerprint density at radius 2 is 1.45 bits per heavy atom. The third kappa shape index (κ3) is 4.98. The average molecular weight is 329 g/mol. The van der Waals surface area contributed by atoms with Crippen LogP contribution in [0.2, 0.25) is 5.02 Å². The standard InChI is InChI=1S/C12H10ClN2O3PS/c13-9-1-3-10(4-2-9)14-15-11-5-7-12(8-6-11)18-19(16,17)20/h1-8H,(H2,16,17,20)/b15-14+. The lowest BCUT2D eigenvalue weighted by Gasteiger charge is -2.06. The Kier molecular flexibility index (Phi) is 4.83.